The molecule has 0 aliphatic heterocycles. The summed E-state index contributed by atoms with van der Waals surface area (Å²) in [6, 6.07) is 4.38. The van der Waals surface area contributed by atoms with Crippen molar-refractivity contribution in [3.8, 4) is 0 Å². The van der Waals surface area contributed by atoms with Gasteiger partial charge in [0.1, 0.15) is 0 Å². The Kier molecular flexibility index (Phi) is 4.26. The van der Waals surface area contributed by atoms with Crippen LogP contribution in [0.25, 0.3) is 11.0 Å². The number of carboxylic acids is 1. The minimum atomic E-state index is -1.07. The average molecular weight is 290 g/mol. The lowest BCUT2D eigenvalue weighted by atomic mass is 10.0. The Morgan fingerprint density at radius 2 is 1.95 bits per heavy atom. The molecule has 0 bridgehead atoms. The van der Waals surface area contributed by atoms with E-state index in [9.17, 15) is 14.4 Å². The van der Waals surface area contributed by atoms with Crippen molar-refractivity contribution in [2.45, 2.75) is 33.2 Å². The molecule has 2 rings (SSSR count). The zero-order valence-electron chi connectivity index (χ0n) is 12.0. The Morgan fingerprint density at radius 3 is 2.52 bits per heavy atom. The van der Waals surface area contributed by atoms with Crippen LogP contribution in [0.15, 0.2) is 27.8 Å². The number of benzene rings is 1. The Morgan fingerprint density at radius 1 is 1.29 bits per heavy atom. The molecule has 0 saturated carbocycles. The Labute approximate surface area is 121 Å². The maximum atomic E-state index is 12.1. The summed E-state index contributed by atoms with van der Waals surface area (Å²) in [5.41, 5.74) is -0.332. The van der Waals surface area contributed by atoms with E-state index in [-0.39, 0.29) is 5.56 Å². The first-order chi connectivity index (χ1) is 9.97. The number of aromatic amines is 1. The maximum Gasteiger partial charge on any atom is 0.335 e. The van der Waals surface area contributed by atoms with Crippen molar-refractivity contribution in [2.75, 3.05) is 0 Å². The molecule has 2 N–H and O–H groups in total. The molecule has 0 amide bonds. The van der Waals surface area contributed by atoms with Gasteiger partial charge >= 0.3 is 17.1 Å². The summed E-state index contributed by atoms with van der Waals surface area (Å²) >= 11 is 0. The van der Waals surface area contributed by atoms with Gasteiger partial charge in [0.25, 0.3) is 0 Å². The van der Waals surface area contributed by atoms with E-state index in [4.69, 9.17) is 5.11 Å². The van der Waals surface area contributed by atoms with Gasteiger partial charge in [-0.1, -0.05) is 26.7 Å². The van der Waals surface area contributed by atoms with Gasteiger partial charge in [-0.05, 0) is 24.1 Å². The van der Waals surface area contributed by atoms with Crippen molar-refractivity contribution in [2.24, 2.45) is 5.92 Å². The molecule has 1 aromatic carbocycles. The SMILES string of the molecule is CCC(CC)Cn1c(=O)c(=O)[nH]c2cc(C(=O)O)ccc21. The van der Waals surface area contributed by atoms with Gasteiger partial charge in [-0.15, -0.1) is 0 Å². The first-order valence-corrected chi connectivity index (χ1v) is 6.98. The van der Waals surface area contributed by atoms with E-state index < -0.39 is 17.1 Å². The highest BCUT2D eigenvalue weighted by Crippen LogP contribution is 2.15. The van der Waals surface area contributed by atoms with Crippen LogP contribution in [-0.4, -0.2) is 20.6 Å². The first kappa shape index (κ1) is 15.0. The van der Waals surface area contributed by atoms with E-state index in [2.05, 4.69) is 4.98 Å². The summed E-state index contributed by atoms with van der Waals surface area (Å²) in [6.45, 7) is 4.53. The topological polar surface area (TPSA) is 92.2 Å². The largest absolute Gasteiger partial charge is 0.478 e. The molecule has 112 valence electrons. The molecule has 1 aromatic heterocycles. The maximum absolute atomic E-state index is 12.1. The lowest BCUT2D eigenvalue weighted by molar-refractivity contribution is 0.0697. The number of aromatic carboxylic acids is 1. The fraction of sp³-hybridized carbons (Fsp3) is 0.400. The number of carboxylic acid groups (broad SMARTS) is 1. The van der Waals surface area contributed by atoms with Crippen LogP contribution in [0.3, 0.4) is 0 Å². The number of hydrogen-bond acceptors (Lipinski definition) is 3. The highest BCUT2D eigenvalue weighted by Gasteiger charge is 2.13. The van der Waals surface area contributed by atoms with Crippen molar-refractivity contribution in [3.63, 3.8) is 0 Å². The highest BCUT2D eigenvalue weighted by atomic mass is 16.4. The third kappa shape index (κ3) is 2.89. The molecule has 0 saturated heterocycles. The number of rotatable bonds is 5. The van der Waals surface area contributed by atoms with E-state index in [1.54, 1.807) is 6.07 Å². The van der Waals surface area contributed by atoms with E-state index >= 15 is 0 Å². The summed E-state index contributed by atoms with van der Waals surface area (Å²) < 4.78 is 1.44. The van der Waals surface area contributed by atoms with Crippen LogP contribution in [0, 0.1) is 5.92 Å². The van der Waals surface area contributed by atoms with Gasteiger partial charge in [-0.3, -0.25) is 9.59 Å². The molecular weight excluding hydrogens is 272 g/mol. The van der Waals surface area contributed by atoms with Crippen molar-refractivity contribution < 1.29 is 9.90 Å². The van der Waals surface area contributed by atoms with Crippen LogP contribution < -0.4 is 11.1 Å². The number of nitrogens with zero attached hydrogens (tertiary/aromatic N) is 1. The van der Waals surface area contributed by atoms with Crippen molar-refractivity contribution in [1.82, 2.24) is 9.55 Å². The molecule has 0 spiro atoms. The van der Waals surface area contributed by atoms with E-state index in [0.29, 0.717) is 23.5 Å². The highest BCUT2D eigenvalue weighted by molar-refractivity contribution is 5.92. The van der Waals surface area contributed by atoms with Crippen LogP contribution >= 0.6 is 0 Å². The molecule has 1 heterocycles. The molecule has 6 heteroatoms. The fourth-order valence-electron chi connectivity index (χ4n) is 2.40. The van der Waals surface area contributed by atoms with Gasteiger partial charge in [-0.25, -0.2) is 4.79 Å². The summed E-state index contributed by atoms with van der Waals surface area (Å²) in [5, 5.41) is 9.00. The first-order valence-electron chi connectivity index (χ1n) is 6.98. The summed E-state index contributed by atoms with van der Waals surface area (Å²) in [6.07, 6.45) is 1.81. The van der Waals surface area contributed by atoms with Gasteiger partial charge in [0.2, 0.25) is 0 Å². The quantitative estimate of drug-likeness (QED) is 0.822. The number of hydrogen-bond donors (Lipinski definition) is 2. The molecule has 0 aliphatic rings. The second kappa shape index (κ2) is 5.95. The Balaban J connectivity index is 2.68. The summed E-state index contributed by atoms with van der Waals surface area (Å²) in [5.74, 6) is -0.776. The minimum absolute atomic E-state index is 0.0749. The summed E-state index contributed by atoms with van der Waals surface area (Å²) in [4.78, 5) is 37.3. The van der Waals surface area contributed by atoms with Gasteiger partial charge in [0.05, 0.1) is 16.6 Å². The number of fused-ring (bicyclic) bond motifs is 1. The second-order valence-corrected chi connectivity index (χ2v) is 5.09. The smallest absolute Gasteiger partial charge is 0.335 e. The van der Waals surface area contributed by atoms with Crippen molar-refractivity contribution in [1.29, 1.82) is 0 Å². The fourth-order valence-corrected chi connectivity index (χ4v) is 2.40. The van der Waals surface area contributed by atoms with E-state index in [1.165, 1.54) is 16.7 Å². The lowest BCUT2D eigenvalue weighted by Crippen LogP contribution is -2.37. The van der Waals surface area contributed by atoms with E-state index in [1.807, 2.05) is 13.8 Å². The van der Waals surface area contributed by atoms with Gasteiger partial charge in [0.15, 0.2) is 0 Å². The van der Waals surface area contributed by atoms with Crippen LogP contribution in [0.4, 0.5) is 0 Å². The molecule has 6 nitrogen and oxygen atoms in total. The Hall–Kier alpha value is -2.37. The van der Waals surface area contributed by atoms with Crippen LogP contribution in [0.2, 0.25) is 0 Å². The van der Waals surface area contributed by atoms with E-state index in [0.717, 1.165) is 12.8 Å². The molecule has 0 fully saturated rings. The monoisotopic (exact) mass is 290 g/mol. The van der Waals surface area contributed by atoms with Crippen LogP contribution in [-0.2, 0) is 6.54 Å². The third-order valence-electron chi connectivity index (χ3n) is 3.82. The van der Waals surface area contributed by atoms with Gasteiger partial charge in [0, 0.05) is 6.54 Å². The predicted molar refractivity (Wildman–Crippen MR) is 79.9 cm³/mol. The molecule has 0 atom stereocenters. The molecule has 0 radical (unpaired) electrons. The van der Waals surface area contributed by atoms with Gasteiger partial charge in [-0.2, -0.15) is 0 Å². The van der Waals surface area contributed by atoms with Crippen LogP contribution in [0.5, 0.6) is 0 Å². The molecule has 0 aliphatic carbocycles. The van der Waals surface area contributed by atoms with Gasteiger partial charge < -0.3 is 14.7 Å². The average Bonchev–Trinajstić information content (AvgIpc) is 2.47. The zero-order valence-corrected chi connectivity index (χ0v) is 12.0. The molecule has 2 aromatic rings. The Bertz CT molecular complexity index is 784. The minimum Gasteiger partial charge on any atom is -0.478 e. The van der Waals surface area contributed by atoms with Crippen LogP contribution in [0.1, 0.15) is 37.0 Å². The normalized spacial score (nSPS) is 11.2. The second-order valence-electron chi connectivity index (χ2n) is 5.09. The number of nitrogens with one attached hydrogen (secondary N) is 1. The number of aromatic nitrogens is 2. The van der Waals surface area contributed by atoms with Crippen molar-refractivity contribution in [3.05, 3.63) is 44.5 Å². The number of H-pyrrole nitrogens is 1. The lowest BCUT2D eigenvalue weighted by Gasteiger charge is -2.16. The summed E-state index contributed by atoms with van der Waals surface area (Å²) in [7, 11) is 0. The molecule has 21 heavy (non-hydrogen) atoms. The van der Waals surface area contributed by atoms with Crippen molar-refractivity contribution >= 4 is 17.0 Å². The standard InChI is InChI=1S/C15H18N2O4/c1-3-9(4-2)8-17-12-6-5-10(15(20)21)7-11(12)16-13(18)14(17)19/h5-7,9H,3-4,8H2,1-2H3,(H,16,18)(H,20,21). The third-order valence-corrected chi connectivity index (χ3v) is 3.82. The number of carbonyl (C=O) groups is 1. The predicted octanol–water partition coefficient (Wildman–Crippen LogP) is 1.82. The zero-order chi connectivity index (χ0) is 15.6. The molecular formula is C15H18N2O4. The molecule has 0 unspecified atom stereocenters.